The van der Waals surface area contributed by atoms with E-state index in [4.69, 9.17) is 21.1 Å². The summed E-state index contributed by atoms with van der Waals surface area (Å²) in [6.07, 6.45) is 3.32. The van der Waals surface area contributed by atoms with E-state index in [1.54, 1.807) is 24.8 Å². The predicted octanol–water partition coefficient (Wildman–Crippen LogP) is 7.61. The van der Waals surface area contributed by atoms with Gasteiger partial charge in [-0.15, -0.1) is 23.4 Å². The Bertz CT molecular complexity index is 1600. The second kappa shape index (κ2) is 11.8. The number of ketones is 1. The van der Waals surface area contributed by atoms with E-state index in [1.807, 2.05) is 26.1 Å². The summed E-state index contributed by atoms with van der Waals surface area (Å²) >= 11 is 8.84. The lowest BCUT2D eigenvalue weighted by Gasteiger charge is -2.62. The number of aliphatic hydroxyl groups excluding tert-OH is 1. The average Bonchev–Trinajstić information content (AvgIpc) is 3.55. The minimum Gasteiger partial charge on any atom is -0.390 e. The minimum atomic E-state index is -2.00. The number of nitrogens with one attached hydrogen (secondary N) is 1. The molecule has 10 heteroatoms. The highest BCUT2D eigenvalue weighted by Gasteiger charge is 2.79. The van der Waals surface area contributed by atoms with Crippen LogP contribution in [0, 0.1) is 22.7 Å². The maximum Gasteiger partial charge on any atom is 0.225 e. The van der Waals surface area contributed by atoms with Crippen LogP contribution in [-0.2, 0) is 24.8 Å². The van der Waals surface area contributed by atoms with Gasteiger partial charge in [-0.3, -0.25) is 9.59 Å². The molecule has 7 rings (SSSR count). The van der Waals surface area contributed by atoms with Gasteiger partial charge in [0.15, 0.2) is 23.3 Å². The molecule has 4 fully saturated rings. The highest BCUT2D eigenvalue weighted by atomic mass is 35.5. The van der Waals surface area contributed by atoms with Crippen molar-refractivity contribution in [3.05, 3.63) is 83.5 Å². The molecule has 6 nitrogen and oxygen atoms in total. The lowest BCUT2D eigenvalue weighted by atomic mass is 9.45. The minimum absolute atomic E-state index is 0.0297. The molecular formula is C36H39ClFNO5S2. The van der Waals surface area contributed by atoms with Gasteiger partial charge in [-0.05, 0) is 80.5 Å². The van der Waals surface area contributed by atoms with E-state index in [2.05, 4.69) is 41.7 Å². The van der Waals surface area contributed by atoms with E-state index in [9.17, 15) is 14.7 Å². The Labute approximate surface area is 282 Å². The largest absolute Gasteiger partial charge is 0.390 e. The molecule has 9 atom stereocenters. The number of halogens is 2. The van der Waals surface area contributed by atoms with Gasteiger partial charge in [0.25, 0.3) is 0 Å². The molecule has 0 spiro atoms. The Morgan fingerprint density at radius 1 is 1.13 bits per heavy atom. The second-order valence-corrected chi connectivity index (χ2v) is 16.2. The van der Waals surface area contributed by atoms with Gasteiger partial charge in [0.2, 0.25) is 5.12 Å². The SMILES string of the molecule is CNc1ccc(SCc2ccc([C@@H]3O[C@@H]4CC5[C@@H]6CCC7=CC(=O)C=C[C@]7(C)[C@@]6(F)[C@@H](O)C[C@]5(C)[C@]4(C(=O)SCCl)O3)cc2)cc1. The highest BCUT2D eigenvalue weighted by Crippen LogP contribution is 2.72. The topological polar surface area (TPSA) is 84.9 Å². The molecule has 0 amide bonds. The van der Waals surface area contributed by atoms with Crippen molar-refractivity contribution in [3.8, 4) is 0 Å². The quantitative estimate of drug-likeness (QED) is 0.228. The third-order valence-electron chi connectivity index (χ3n) is 11.7. The molecule has 1 saturated heterocycles. The summed E-state index contributed by atoms with van der Waals surface area (Å²) in [6, 6.07) is 16.4. The summed E-state index contributed by atoms with van der Waals surface area (Å²) in [5.41, 5.74) is -1.65. The predicted molar refractivity (Wildman–Crippen MR) is 180 cm³/mol. The van der Waals surface area contributed by atoms with Crippen molar-refractivity contribution in [3.63, 3.8) is 0 Å². The molecular weight excluding hydrogens is 645 g/mol. The molecule has 1 aliphatic heterocycles. The number of rotatable bonds is 7. The van der Waals surface area contributed by atoms with Crippen LogP contribution in [0.15, 0.2) is 77.2 Å². The zero-order chi connectivity index (χ0) is 32.5. The number of alkyl halides is 2. The van der Waals surface area contributed by atoms with Gasteiger partial charge >= 0.3 is 0 Å². The molecule has 2 N–H and O–H groups in total. The maximum atomic E-state index is 17.7. The Morgan fingerprint density at radius 3 is 2.57 bits per heavy atom. The summed E-state index contributed by atoms with van der Waals surface area (Å²) in [5.74, 6) is -0.180. The van der Waals surface area contributed by atoms with Crippen molar-refractivity contribution < 1.29 is 28.6 Å². The number of hydrogen-bond donors (Lipinski definition) is 2. The number of hydrogen-bond acceptors (Lipinski definition) is 8. The smallest absolute Gasteiger partial charge is 0.225 e. The highest BCUT2D eigenvalue weighted by molar-refractivity contribution is 8.14. The number of aliphatic hydroxyl groups is 1. The standard InChI is InChI=1S/C36H39ClFNO5S2/c1-33-15-14-25(40)16-23(33)8-13-27-28-17-30-36(32(42)46-20-37,34(28,2)18-29(41)35(27,33)38)44-31(43-30)22-6-4-21(5-7-22)19-45-26-11-9-24(39-3)10-12-26/h4-7,9-12,14-16,27-31,39,41H,8,13,17-20H2,1-3H3/t27-,28?,29-,30+,31+,33-,34-,35-,36-/m0/s1. The number of allylic oxidation sites excluding steroid dienone is 4. The fraction of sp³-hybridized carbons (Fsp3) is 0.500. The first-order valence-corrected chi connectivity index (χ1v) is 18.4. The fourth-order valence-electron chi connectivity index (χ4n) is 9.27. The number of carbonyl (C=O) groups excluding carboxylic acids is 2. The molecule has 1 unspecified atom stereocenters. The summed E-state index contributed by atoms with van der Waals surface area (Å²) < 4.78 is 31.0. The van der Waals surface area contributed by atoms with E-state index >= 15 is 4.39 Å². The van der Waals surface area contributed by atoms with Gasteiger partial charge in [-0.1, -0.05) is 54.6 Å². The second-order valence-electron chi connectivity index (χ2n) is 13.7. The van der Waals surface area contributed by atoms with Crippen molar-refractivity contribution in [2.24, 2.45) is 22.7 Å². The molecule has 3 saturated carbocycles. The van der Waals surface area contributed by atoms with Crippen LogP contribution in [0.25, 0.3) is 0 Å². The van der Waals surface area contributed by atoms with Crippen LogP contribution in [-0.4, -0.2) is 51.7 Å². The van der Waals surface area contributed by atoms with Gasteiger partial charge in [0.05, 0.1) is 17.4 Å². The molecule has 0 bridgehead atoms. The van der Waals surface area contributed by atoms with Crippen molar-refractivity contribution in [2.45, 2.75) is 79.9 Å². The Morgan fingerprint density at radius 2 is 1.87 bits per heavy atom. The molecule has 5 aliphatic rings. The number of fused-ring (bicyclic) bond motifs is 7. The summed E-state index contributed by atoms with van der Waals surface area (Å²) in [7, 11) is 1.90. The Hall–Kier alpha value is -2.14. The van der Waals surface area contributed by atoms with E-state index in [0.717, 1.165) is 39.9 Å². The van der Waals surface area contributed by atoms with Crippen LogP contribution in [0.3, 0.4) is 0 Å². The van der Waals surface area contributed by atoms with Gasteiger partial charge in [0.1, 0.15) is 0 Å². The van der Waals surface area contributed by atoms with Crippen molar-refractivity contribution in [1.82, 2.24) is 0 Å². The van der Waals surface area contributed by atoms with Crippen LogP contribution in [0.5, 0.6) is 0 Å². The zero-order valence-corrected chi connectivity index (χ0v) is 28.5. The third kappa shape index (κ3) is 4.63. The van der Waals surface area contributed by atoms with Crippen molar-refractivity contribution in [2.75, 3.05) is 17.6 Å². The number of ether oxygens (including phenoxy) is 2. The van der Waals surface area contributed by atoms with Crippen LogP contribution in [0.4, 0.5) is 10.1 Å². The molecule has 4 aliphatic carbocycles. The molecule has 2 aromatic rings. The Balaban J connectivity index is 1.15. The summed E-state index contributed by atoms with van der Waals surface area (Å²) in [6.45, 7) is 3.76. The molecule has 2 aromatic carbocycles. The number of benzene rings is 2. The van der Waals surface area contributed by atoms with Crippen LogP contribution >= 0.6 is 35.1 Å². The first-order valence-electron chi connectivity index (χ1n) is 15.9. The van der Waals surface area contributed by atoms with E-state index < -0.39 is 46.5 Å². The molecule has 1 heterocycles. The molecule has 244 valence electrons. The lowest BCUT2D eigenvalue weighted by molar-refractivity contribution is -0.228. The van der Waals surface area contributed by atoms with Gasteiger partial charge < -0.3 is 19.9 Å². The Kier molecular flexibility index (Phi) is 8.30. The zero-order valence-electron chi connectivity index (χ0n) is 26.1. The molecule has 0 radical (unpaired) electrons. The number of thioether (sulfide) groups is 2. The van der Waals surface area contributed by atoms with Crippen LogP contribution in [0.2, 0.25) is 0 Å². The van der Waals surface area contributed by atoms with E-state index in [-0.39, 0.29) is 28.4 Å². The number of carbonyl (C=O) groups is 2. The summed E-state index contributed by atoms with van der Waals surface area (Å²) in [4.78, 5) is 27.5. The monoisotopic (exact) mass is 683 g/mol. The van der Waals surface area contributed by atoms with Gasteiger partial charge in [0, 0.05) is 45.7 Å². The van der Waals surface area contributed by atoms with Crippen LogP contribution in [0.1, 0.15) is 56.9 Å². The molecule has 0 aromatic heterocycles. The van der Waals surface area contributed by atoms with Crippen molar-refractivity contribution >= 4 is 51.7 Å². The summed E-state index contributed by atoms with van der Waals surface area (Å²) in [5, 5.41) is 14.7. The first kappa shape index (κ1) is 32.4. The average molecular weight is 684 g/mol. The van der Waals surface area contributed by atoms with Crippen LogP contribution < -0.4 is 5.32 Å². The first-order chi connectivity index (χ1) is 22.0. The maximum absolute atomic E-state index is 17.7. The lowest BCUT2D eigenvalue weighted by Crippen LogP contribution is -2.69. The molecule has 46 heavy (non-hydrogen) atoms. The van der Waals surface area contributed by atoms with E-state index in [1.165, 1.54) is 17.0 Å². The van der Waals surface area contributed by atoms with E-state index in [0.29, 0.717) is 19.3 Å². The normalized spacial score (nSPS) is 39.2. The van der Waals surface area contributed by atoms with Gasteiger partial charge in [-0.25, -0.2) is 4.39 Å². The number of anilines is 1. The third-order valence-corrected chi connectivity index (χ3v) is 13.8. The fourth-order valence-corrected chi connectivity index (χ4v) is 11.1. The van der Waals surface area contributed by atoms with Crippen molar-refractivity contribution in [1.29, 1.82) is 0 Å². The van der Waals surface area contributed by atoms with Gasteiger partial charge in [-0.2, -0.15) is 0 Å².